The Balaban J connectivity index is 2.43. The van der Waals surface area contributed by atoms with Crippen LogP contribution in [0.1, 0.15) is 43.5 Å². The maximum Gasteiger partial charge on any atom is 0.169 e. The number of nitriles is 1. The molecule has 1 atom stereocenters. The van der Waals surface area contributed by atoms with Gasteiger partial charge in [-0.3, -0.25) is 0 Å². The summed E-state index contributed by atoms with van der Waals surface area (Å²) in [6.07, 6.45) is 4.04. The van der Waals surface area contributed by atoms with E-state index in [0.29, 0.717) is 23.8 Å². The van der Waals surface area contributed by atoms with Crippen LogP contribution < -0.4 is 10.6 Å². The fourth-order valence-electron chi connectivity index (χ4n) is 2.83. The van der Waals surface area contributed by atoms with E-state index in [1.807, 2.05) is 14.0 Å². The van der Waals surface area contributed by atoms with E-state index in [1.165, 1.54) is 12.8 Å². The first kappa shape index (κ1) is 14.7. The van der Waals surface area contributed by atoms with Gasteiger partial charge in [-0.05, 0) is 37.2 Å². The molecule has 0 aromatic carbocycles. The summed E-state index contributed by atoms with van der Waals surface area (Å²) in [4.78, 5) is 2.06. The van der Waals surface area contributed by atoms with Crippen molar-refractivity contribution < 1.29 is 0 Å². The Morgan fingerprint density at radius 1 is 1.35 bits per heavy atom. The Bertz CT molecular complexity index is 516. The average molecular weight is 273 g/mol. The molecule has 2 N–H and O–H groups in total. The monoisotopic (exact) mass is 273 g/mol. The largest absolute Gasteiger partial charge is 0.353 e. The summed E-state index contributed by atoms with van der Waals surface area (Å²) >= 11 is 0. The molecule has 0 amide bonds. The summed E-state index contributed by atoms with van der Waals surface area (Å²) in [6.45, 7) is 4.69. The van der Waals surface area contributed by atoms with Crippen LogP contribution in [0.2, 0.25) is 0 Å². The van der Waals surface area contributed by atoms with Gasteiger partial charge in [-0.2, -0.15) is 10.4 Å². The van der Waals surface area contributed by atoms with E-state index in [1.54, 1.807) is 0 Å². The van der Waals surface area contributed by atoms with Gasteiger partial charge >= 0.3 is 0 Å². The molecule has 0 aliphatic heterocycles. The van der Waals surface area contributed by atoms with Gasteiger partial charge in [0, 0.05) is 19.6 Å². The molecule has 108 valence electrons. The third-order valence-corrected chi connectivity index (χ3v) is 4.18. The summed E-state index contributed by atoms with van der Waals surface area (Å²) in [7, 11) is 1.98. The van der Waals surface area contributed by atoms with Crippen LogP contribution in [0.4, 0.5) is 5.82 Å². The topological polar surface area (TPSA) is 78.8 Å². The van der Waals surface area contributed by atoms with E-state index in [2.05, 4.69) is 28.1 Å². The lowest BCUT2D eigenvalue weighted by molar-refractivity contribution is 0.562. The maximum absolute atomic E-state index is 9.53. The van der Waals surface area contributed by atoms with Crippen LogP contribution in [-0.2, 0) is 12.8 Å². The van der Waals surface area contributed by atoms with Crippen LogP contribution >= 0.6 is 0 Å². The zero-order chi connectivity index (χ0) is 14.7. The van der Waals surface area contributed by atoms with Gasteiger partial charge in [0.25, 0.3) is 0 Å². The van der Waals surface area contributed by atoms with Crippen molar-refractivity contribution >= 4 is 5.82 Å². The van der Waals surface area contributed by atoms with Gasteiger partial charge in [0.2, 0.25) is 0 Å². The number of rotatable bonds is 6. The van der Waals surface area contributed by atoms with E-state index < -0.39 is 0 Å². The van der Waals surface area contributed by atoms with E-state index in [9.17, 15) is 5.26 Å². The first-order chi connectivity index (χ1) is 9.67. The van der Waals surface area contributed by atoms with Gasteiger partial charge in [0.05, 0.1) is 5.69 Å². The summed E-state index contributed by atoms with van der Waals surface area (Å²) in [5.41, 5.74) is 8.52. The highest BCUT2D eigenvalue weighted by molar-refractivity contribution is 5.58. The molecular weight excluding hydrogens is 250 g/mol. The molecule has 1 aromatic heterocycles. The van der Waals surface area contributed by atoms with Crippen LogP contribution in [-0.4, -0.2) is 29.8 Å². The molecule has 0 bridgehead atoms. The van der Waals surface area contributed by atoms with Crippen molar-refractivity contribution in [3.8, 4) is 6.07 Å². The van der Waals surface area contributed by atoms with Crippen molar-refractivity contribution in [3.63, 3.8) is 0 Å². The van der Waals surface area contributed by atoms with Gasteiger partial charge < -0.3 is 10.6 Å². The summed E-state index contributed by atoms with van der Waals surface area (Å²) < 4.78 is 0. The highest BCUT2D eigenvalue weighted by atomic mass is 15.3. The van der Waals surface area contributed by atoms with Gasteiger partial charge in [-0.1, -0.05) is 13.8 Å². The molecule has 1 unspecified atom stereocenters. The third-order valence-electron chi connectivity index (χ3n) is 4.18. The molecular formula is C15H23N5. The van der Waals surface area contributed by atoms with Crippen LogP contribution in [0.25, 0.3) is 0 Å². The number of hydrogen-bond acceptors (Lipinski definition) is 5. The number of nitrogens with two attached hydrogens (primary N) is 1. The fraction of sp³-hybridized carbons (Fsp3) is 0.667. The number of likely N-dealkylation sites (N-methyl/N-ethyl adjacent to an activating group) is 1. The maximum atomic E-state index is 9.53. The Kier molecular flexibility index (Phi) is 4.56. The number of nitrogens with zero attached hydrogens (tertiary/aromatic N) is 4. The van der Waals surface area contributed by atoms with Crippen LogP contribution in [0.5, 0.6) is 0 Å². The Morgan fingerprint density at radius 2 is 2.05 bits per heavy atom. The van der Waals surface area contributed by atoms with Crippen molar-refractivity contribution in [1.82, 2.24) is 10.2 Å². The summed E-state index contributed by atoms with van der Waals surface area (Å²) in [5.74, 6) is 1.32. The third kappa shape index (κ3) is 2.61. The minimum absolute atomic E-state index is 0.258. The van der Waals surface area contributed by atoms with Gasteiger partial charge in [-0.25, -0.2) is 0 Å². The molecule has 0 saturated heterocycles. The Hall–Kier alpha value is -1.67. The van der Waals surface area contributed by atoms with Gasteiger partial charge in [-0.15, -0.1) is 5.10 Å². The van der Waals surface area contributed by atoms with E-state index in [0.717, 1.165) is 24.1 Å². The molecule has 0 radical (unpaired) electrons. The molecule has 5 heteroatoms. The van der Waals surface area contributed by atoms with Gasteiger partial charge in [0.1, 0.15) is 11.6 Å². The second-order valence-electron chi connectivity index (χ2n) is 5.39. The number of anilines is 1. The Labute approximate surface area is 120 Å². The van der Waals surface area contributed by atoms with Gasteiger partial charge in [0.15, 0.2) is 5.82 Å². The van der Waals surface area contributed by atoms with Crippen LogP contribution in [0.3, 0.4) is 0 Å². The first-order valence-corrected chi connectivity index (χ1v) is 7.39. The zero-order valence-corrected chi connectivity index (χ0v) is 12.6. The Morgan fingerprint density at radius 3 is 2.50 bits per heavy atom. The van der Waals surface area contributed by atoms with Crippen molar-refractivity contribution in [1.29, 1.82) is 5.26 Å². The molecule has 5 nitrogen and oxygen atoms in total. The molecule has 1 aromatic rings. The average Bonchev–Trinajstić information content (AvgIpc) is 3.30. The highest BCUT2D eigenvalue weighted by Crippen LogP contribution is 2.36. The highest BCUT2D eigenvalue weighted by Gasteiger charge is 2.34. The van der Waals surface area contributed by atoms with Crippen LogP contribution in [0.15, 0.2) is 0 Å². The molecule has 1 saturated carbocycles. The molecule has 20 heavy (non-hydrogen) atoms. The number of hydrogen-bond donors (Lipinski definition) is 1. The lowest BCUT2D eigenvalue weighted by Crippen LogP contribution is -2.40. The van der Waals surface area contributed by atoms with Crippen molar-refractivity contribution in [2.75, 3.05) is 18.5 Å². The molecule has 1 aliphatic rings. The predicted octanol–water partition coefficient (Wildman–Crippen LogP) is 1.65. The van der Waals surface area contributed by atoms with E-state index >= 15 is 0 Å². The molecule has 1 heterocycles. The summed E-state index contributed by atoms with van der Waals surface area (Å²) in [6, 6.07) is 2.58. The molecule has 1 aliphatic carbocycles. The minimum Gasteiger partial charge on any atom is -0.353 e. The SMILES string of the molecule is CCc1nnc(N(C)C(CN)C2CC2)c(C#N)c1CC. The molecule has 2 rings (SSSR count). The van der Waals surface area contributed by atoms with E-state index in [-0.39, 0.29) is 6.04 Å². The number of aryl methyl sites for hydroxylation is 1. The summed E-state index contributed by atoms with van der Waals surface area (Å²) in [5, 5.41) is 18.1. The second-order valence-corrected chi connectivity index (χ2v) is 5.39. The number of aromatic nitrogens is 2. The first-order valence-electron chi connectivity index (χ1n) is 7.39. The van der Waals surface area contributed by atoms with Crippen molar-refractivity contribution in [2.24, 2.45) is 11.7 Å². The molecule has 1 fully saturated rings. The second kappa shape index (κ2) is 6.19. The normalized spacial score (nSPS) is 15.8. The predicted molar refractivity (Wildman–Crippen MR) is 79.5 cm³/mol. The molecule has 0 spiro atoms. The smallest absolute Gasteiger partial charge is 0.169 e. The van der Waals surface area contributed by atoms with Crippen LogP contribution in [0, 0.1) is 17.2 Å². The standard InChI is InChI=1S/C15H23N5/c1-4-11-12(8-16)15(19-18-13(11)5-2)20(3)14(9-17)10-6-7-10/h10,14H,4-7,9,17H2,1-3H3. The van der Waals surface area contributed by atoms with Crippen molar-refractivity contribution in [2.45, 2.75) is 45.6 Å². The lowest BCUT2D eigenvalue weighted by atomic mass is 10.0. The fourth-order valence-corrected chi connectivity index (χ4v) is 2.83. The quantitative estimate of drug-likeness (QED) is 0.852. The zero-order valence-electron chi connectivity index (χ0n) is 12.6. The van der Waals surface area contributed by atoms with E-state index in [4.69, 9.17) is 5.73 Å². The lowest BCUT2D eigenvalue weighted by Gasteiger charge is -2.29. The van der Waals surface area contributed by atoms with Crippen molar-refractivity contribution in [3.05, 3.63) is 16.8 Å². The minimum atomic E-state index is 0.258.